The SMILES string of the molecule is COCCOC(=O)c1c(CBr)c(-c2cccc(C(F)(F)F)c2)nc2ccc(OCCOC)cc12. The first kappa shape index (κ1) is 25.9. The van der Waals surface area contributed by atoms with Crippen molar-refractivity contribution in [1.82, 2.24) is 4.98 Å². The molecular weight excluding hydrogens is 519 g/mol. The van der Waals surface area contributed by atoms with E-state index in [4.69, 9.17) is 18.9 Å². The van der Waals surface area contributed by atoms with Crippen LogP contribution in [0, 0.1) is 0 Å². The van der Waals surface area contributed by atoms with Crippen LogP contribution < -0.4 is 4.74 Å². The number of alkyl halides is 4. The monoisotopic (exact) mass is 541 g/mol. The van der Waals surface area contributed by atoms with Gasteiger partial charge in [-0.15, -0.1) is 0 Å². The third kappa shape index (κ3) is 6.05. The normalized spacial score (nSPS) is 11.6. The van der Waals surface area contributed by atoms with E-state index in [1.165, 1.54) is 19.2 Å². The van der Waals surface area contributed by atoms with E-state index in [9.17, 15) is 18.0 Å². The summed E-state index contributed by atoms with van der Waals surface area (Å²) in [6, 6.07) is 9.83. The van der Waals surface area contributed by atoms with Gasteiger partial charge >= 0.3 is 12.1 Å². The van der Waals surface area contributed by atoms with Crippen molar-refractivity contribution >= 4 is 32.8 Å². The molecule has 0 saturated heterocycles. The highest BCUT2D eigenvalue weighted by Crippen LogP contribution is 2.36. The summed E-state index contributed by atoms with van der Waals surface area (Å²) >= 11 is 3.38. The third-order valence-corrected chi connectivity index (χ3v) is 5.50. The summed E-state index contributed by atoms with van der Waals surface area (Å²) in [5, 5.41) is 0.618. The number of halogens is 4. The second kappa shape index (κ2) is 11.6. The van der Waals surface area contributed by atoms with Gasteiger partial charge in [-0.05, 0) is 30.3 Å². The Bertz CT molecular complexity index is 1150. The molecular formula is C24H23BrF3NO5. The van der Waals surface area contributed by atoms with Crippen LogP contribution in [-0.4, -0.2) is 51.6 Å². The summed E-state index contributed by atoms with van der Waals surface area (Å²) in [6.45, 7) is 0.897. The number of benzene rings is 2. The number of carbonyl (C=O) groups excluding carboxylic acids is 1. The Morgan fingerprint density at radius 1 is 1.00 bits per heavy atom. The molecule has 3 aromatic rings. The van der Waals surface area contributed by atoms with Crippen LogP contribution >= 0.6 is 15.9 Å². The van der Waals surface area contributed by atoms with Crippen LogP contribution in [0.1, 0.15) is 21.5 Å². The van der Waals surface area contributed by atoms with Crippen molar-refractivity contribution in [3.63, 3.8) is 0 Å². The highest BCUT2D eigenvalue weighted by Gasteiger charge is 2.31. The molecule has 1 aromatic heterocycles. The van der Waals surface area contributed by atoms with E-state index in [1.807, 2.05) is 0 Å². The summed E-state index contributed by atoms with van der Waals surface area (Å²) in [4.78, 5) is 17.7. The third-order valence-electron chi connectivity index (χ3n) is 4.94. The van der Waals surface area contributed by atoms with Gasteiger partial charge in [0.25, 0.3) is 0 Å². The van der Waals surface area contributed by atoms with E-state index in [-0.39, 0.29) is 35.4 Å². The molecule has 0 saturated carbocycles. The number of pyridine rings is 1. The van der Waals surface area contributed by atoms with E-state index in [0.29, 0.717) is 35.4 Å². The second-order valence-electron chi connectivity index (χ2n) is 7.18. The van der Waals surface area contributed by atoms with E-state index in [2.05, 4.69) is 20.9 Å². The molecule has 34 heavy (non-hydrogen) atoms. The van der Waals surface area contributed by atoms with Crippen molar-refractivity contribution < 1.29 is 36.9 Å². The van der Waals surface area contributed by atoms with E-state index >= 15 is 0 Å². The number of methoxy groups -OCH3 is 2. The van der Waals surface area contributed by atoms with Crippen LogP contribution in [-0.2, 0) is 25.7 Å². The molecule has 0 fully saturated rings. The molecule has 0 radical (unpaired) electrons. The first-order chi connectivity index (χ1) is 16.3. The highest BCUT2D eigenvalue weighted by atomic mass is 79.9. The smallest absolute Gasteiger partial charge is 0.416 e. The number of hydrogen-bond donors (Lipinski definition) is 0. The summed E-state index contributed by atoms with van der Waals surface area (Å²) in [5.74, 6) is -0.147. The van der Waals surface area contributed by atoms with E-state index in [1.54, 1.807) is 25.3 Å². The lowest BCUT2D eigenvalue weighted by Crippen LogP contribution is -2.14. The van der Waals surface area contributed by atoms with Gasteiger partial charge in [-0.2, -0.15) is 13.2 Å². The molecule has 3 rings (SSSR count). The minimum atomic E-state index is -4.52. The van der Waals surface area contributed by atoms with Crippen molar-refractivity contribution in [3.05, 3.63) is 59.2 Å². The minimum Gasteiger partial charge on any atom is -0.491 e. The maximum Gasteiger partial charge on any atom is 0.416 e. The van der Waals surface area contributed by atoms with Gasteiger partial charge in [0.05, 0.1) is 35.6 Å². The fourth-order valence-electron chi connectivity index (χ4n) is 3.35. The molecule has 0 atom stereocenters. The van der Waals surface area contributed by atoms with Crippen molar-refractivity contribution in [2.45, 2.75) is 11.5 Å². The number of aromatic nitrogens is 1. The van der Waals surface area contributed by atoms with Crippen LogP contribution in [0.15, 0.2) is 42.5 Å². The van der Waals surface area contributed by atoms with Gasteiger partial charge in [0.1, 0.15) is 19.0 Å². The van der Waals surface area contributed by atoms with Crippen molar-refractivity contribution in [3.8, 4) is 17.0 Å². The predicted octanol–water partition coefficient (Wildman–Crippen LogP) is 5.64. The molecule has 2 aromatic carbocycles. The lowest BCUT2D eigenvalue weighted by atomic mass is 9.96. The number of esters is 1. The van der Waals surface area contributed by atoms with Gasteiger partial charge in [0.15, 0.2) is 0 Å². The quantitative estimate of drug-likeness (QED) is 0.188. The minimum absolute atomic E-state index is 0.0177. The summed E-state index contributed by atoms with van der Waals surface area (Å²) in [5.41, 5.74) is 0.694. The summed E-state index contributed by atoms with van der Waals surface area (Å²) < 4.78 is 61.0. The molecule has 1 heterocycles. The molecule has 0 aliphatic rings. The zero-order valence-electron chi connectivity index (χ0n) is 18.6. The van der Waals surface area contributed by atoms with Crippen LogP contribution in [0.3, 0.4) is 0 Å². The van der Waals surface area contributed by atoms with Gasteiger partial charge in [-0.1, -0.05) is 28.1 Å². The number of ether oxygens (including phenoxy) is 4. The van der Waals surface area contributed by atoms with Crippen molar-refractivity contribution in [1.29, 1.82) is 0 Å². The number of fused-ring (bicyclic) bond motifs is 1. The zero-order valence-corrected chi connectivity index (χ0v) is 20.2. The van der Waals surface area contributed by atoms with Gasteiger partial charge in [-0.25, -0.2) is 9.78 Å². The Kier molecular flexibility index (Phi) is 8.87. The summed E-state index contributed by atoms with van der Waals surface area (Å²) in [7, 11) is 3.04. The maximum absolute atomic E-state index is 13.3. The average molecular weight is 542 g/mol. The fourth-order valence-corrected chi connectivity index (χ4v) is 3.90. The van der Waals surface area contributed by atoms with Gasteiger partial charge in [-0.3, -0.25) is 0 Å². The predicted molar refractivity (Wildman–Crippen MR) is 124 cm³/mol. The summed E-state index contributed by atoms with van der Waals surface area (Å²) in [6.07, 6.45) is -4.52. The Labute approximate surface area is 203 Å². The molecule has 0 unspecified atom stereocenters. The standard InChI is InChI=1S/C24H23BrF3NO5/c1-31-8-10-33-17-6-7-20-18(13-17)21(23(30)34-11-9-32-2)19(14-25)22(29-20)15-4-3-5-16(12-15)24(26,27)28/h3-7,12-13H,8-11,14H2,1-2H3. The van der Waals surface area contributed by atoms with Crippen molar-refractivity contribution in [2.24, 2.45) is 0 Å². The molecule has 0 N–H and O–H groups in total. The highest BCUT2D eigenvalue weighted by molar-refractivity contribution is 9.08. The second-order valence-corrected chi connectivity index (χ2v) is 7.74. The topological polar surface area (TPSA) is 66.9 Å². The Morgan fingerprint density at radius 2 is 1.74 bits per heavy atom. The van der Waals surface area contributed by atoms with Crippen LogP contribution in [0.2, 0.25) is 0 Å². The van der Waals surface area contributed by atoms with E-state index < -0.39 is 17.7 Å². The molecule has 6 nitrogen and oxygen atoms in total. The largest absolute Gasteiger partial charge is 0.491 e. The molecule has 0 bridgehead atoms. The molecule has 0 amide bonds. The lowest BCUT2D eigenvalue weighted by molar-refractivity contribution is -0.137. The van der Waals surface area contributed by atoms with Gasteiger partial charge in [0, 0.05) is 36.1 Å². The Hall–Kier alpha value is -2.69. The van der Waals surface area contributed by atoms with Crippen LogP contribution in [0.4, 0.5) is 13.2 Å². The fraction of sp³-hybridized carbons (Fsp3) is 0.333. The first-order valence-electron chi connectivity index (χ1n) is 10.3. The number of rotatable bonds is 10. The Balaban J connectivity index is 2.20. The number of hydrogen-bond acceptors (Lipinski definition) is 6. The molecule has 0 aliphatic heterocycles. The number of carbonyl (C=O) groups is 1. The number of nitrogens with zero attached hydrogens (tertiary/aromatic N) is 1. The van der Waals surface area contributed by atoms with Crippen LogP contribution in [0.5, 0.6) is 5.75 Å². The lowest BCUT2D eigenvalue weighted by Gasteiger charge is -2.17. The molecule has 10 heteroatoms. The average Bonchev–Trinajstić information content (AvgIpc) is 2.82. The van der Waals surface area contributed by atoms with Crippen LogP contribution in [0.25, 0.3) is 22.2 Å². The van der Waals surface area contributed by atoms with Gasteiger partial charge in [0.2, 0.25) is 0 Å². The zero-order chi connectivity index (χ0) is 24.7. The van der Waals surface area contributed by atoms with E-state index in [0.717, 1.165) is 12.1 Å². The molecule has 0 spiro atoms. The maximum atomic E-state index is 13.3. The first-order valence-corrected chi connectivity index (χ1v) is 11.4. The molecule has 182 valence electrons. The molecule has 0 aliphatic carbocycles. The Morgan fingerprint density at radius 3 is 2.41 bits per heavy atom. The van der Waals surface area contributed by atoms with Crippen molar-refractivity contribution in [2.75, 3.05) is 40.6 Å². The van der Waals surface area contributed by atoms with Gasteiger partial charge < -0.3 is 18.9 Å².